The molecule has 0 saturated carbocycles. The Morgan fingerprint density at radius 2 is 0.787 bits per heavy atom. The summed E-state index contributed by atoms with van der Waals surface area (Å²) in [6.07, 6.45) is 0. The van der Waals surface area contributed by atoms with Gasteiger partial charge in [-0.2, -0.15) is 21.1 Å². The Morgan fingerprint density at radius 3 is 1.04 bits per heavy atom. The van der Waals surface area contributed by atoms with Crippen molar-refractivity contribution in [1.82, 2.24) is 0 Å². The molecule has 8 heteroatoms. The molecule has 0 aliphatic heterocycles. The molecule has 0 heterocycles. The average molecular weight is 795 g/mol. The first-order chi connectivity index (χ1) is 20.4. The van der Waals surface area contributed by atoms with Crippen molar-refractivity contribution in [2.75, 3.05) is 21.1 Å². The second-order valence-electron chi connectivity index (χ2n) is 10.7. The second-order valence-corrected chi connectivity index (χ2v) is 10.7. The molecule has 0 aromatic heterocycles. The average Bonchev–Trinajstić information content (AvgIpc) is 2.95. The molecule has 0 aliphatic carbocycles. The fraction of sp³-hybridized carbons (Fsp3) is 0.333. The number of hydrogen-bond donors (Lipinski definition) is 2. The SMILES string of the molecule is C[N-]C.C[NH-].Cc1cc(C)c(O)c(C[N-]c2c(C)cccc2C)c1.Cc1cc(C)c(O)c(C[N-]c2c(C)cccc2C)c1.[CH3-].[CH3-].[Zr+2].[Zr+4]. The molecule has 0 radical (unpaired) electrons. The van der Waals surface area contributed by atoms with E-state index in [0.717, 1.165) is 44.8 Å². The van der Waals surface area contributed by atoms with Crippen molar-refractivity contribution in [1.29, 1.82) is 0 Å². The molecule has 0 spiro atoms. The summed E-state index contributed by atoms with van der Waals surface area (Å²) in [4.78, 5) is 0. The zero-order chi connectivity index (χ0) is 32.7. The predicted octanol–water partition coefficient (Wildman–Crippen LogP) is 11.8. The van der Waals surface area contributed by atoms with E-state index in [0.29, 0.717) is 24.6 Å². The van der Waals surface area contributed by atoms with Crippen molar-refractivity contribution in [2.24, 2.45) is 0 Å². The number of benzene rings is 4. The van der Waals surface area contributed by atoms with E-state index in [-0.39, 0.29) is 67.3 Å². The van der Waals surface area contributed by atoms with Crippen LogP contribution >= 0.6 is 0 Å². The van der Waals surface area contributed by atoms with E-state index in [2.05, 4.69) is 67.9 Å². The summed E-state index contributed by atoms with van der Waals surface area (Å²) in [7, 11) is 4.75. The van der Waals surface area contributed by atoms with Gasteiger partial charge in [-0.05, 0) is 77.6 Å². The van der Waals surface area contributed by atoms with Gasteiger partial charge >= 0.3 is 52.4 Å². The molecular formula is C39H56N4O2Zr2. The zero-order valence-electron chi connectivity index (χ0n) is 30.9. The van der Waals surface area contributed by atoms with Crippen LogP contribution in [0.1, 0.15) is 55.6 Å². The van der Waals surface area contributed by atoms with Gasteiger partial charge in [0.25, 0.3) is 0 Å². The van der Waals surface area contributed by atoms with Crippen molar-refractivity contribution in [3.05, 3.63) is 153 Å². The molecule has 4 rings (SSSR count). The fourth-order valence-corrected chi connectivity index (χ4v) is 4.78. The molecular weight excluding hydrogens is 739 g/mol. The summed E-state index contributed by atoms with van der Waals surface area (Å²) in [5, 5.41) is 33.0. The minimum absolute atomic E-state index is 0. The van der Waals surface area contributed by atoms with Crippen molar-refractivity contribution in [3.63, 3.8) is 0 Å². The summed E-state index contributed by atoms with van der Waals surface area (Å²) in [5.41, 5.74) is 18.4. The summed E-state index contributed by atoms with van der Waals surface area (Å²) >= 11 is 0. The van der Waals surface area contributed by atoms with E-state index in [1.165, 1.54) is 29.3 Å². The summed E-state index contributed by atoms with van der Waals surface area (Å²) in [5.74, 6) is 0.723. The van der Waals surface area contributed by atoms with Gasteiger partial charge in [0, 0.05) is 0 Å². The van der Waals surface area contributed by atoms with E-state index in [1.807, 2.05) is 64.1 Å². The third-order valence-electron chi connectivity index (χ3n) is 6.74. The third kappa shape index (κ3) is 16.6. The molecule has 0 fully saturated rings. The van der Waals surface area contributed by atoms with Crippen LogP contribution < -0.4 is 0 Å². The Hall–Kier alpha value is -2.23. The molecule has 3 N–H and O–H groups in total. The Labute approximate surface area is 325 Å². The first-order valence-electron chi connectivity index (χ1n) is 14.4. The van der Waals surface area contributed by atoms with E-state index in [4.69, 9.17) is 5.73 Å². The molecule has 0 atom stereocenters. The topological polar surface area (TPSA) is 107 Å². The van der Waals surface area contributed by atoms with Crippen LogP contribution in [0.3, 0.4) is 0 Å². The monoisotopic (exact) mass is 792 g/mol. The van der Waals surface area contributed by atoms with Gasteiger partial charge in [0.1, 0.15) is 11.5 Å². The second kappa shape index (κ2) is 26.7. The maximum absolute atomic E-state index is 10.1. The Bertz CT molecular complexity index is 1310. The van der Waals surface area contributed by atoms with Crippen LogP contribution in [0, 0.1) is 70.2 Å². The summed E-state index contributed by atoms with van der Waals surface area (Å²) < 4.78 is 0. The summed E-state index contributed by atoms with van der Waals surface area (Å²) in [6.45, 7) is 17.2. The van der Waals surface area contributed by atoms with Gasteiger partial charge in [-0.15, -0.1) is 24.5 Å². The zero-order valence-corrected chi connectivity index (χ0v) is 35.8. The number of aromatic hydroxyl groups is 2. The van der Waals surface area contributed by atoms with Gasteiger partial charge in [0.05, 0.1) is 0 Å². The van der Waals surface area contributed by atoms with Crippen molar-refractivity contribution >= 4 is 11.4 Å². The van der Waals surface area contributed by atoms with E-state index in [9.17, 15) is 10.2 Å². The largest absolute Gasteiger partial charge is 4.00 e. The first kappa shape index (κ1) is 51.6. The number of nitrogens with one attached hydrogen (secondary N) is 1. The first-order valence-corrected chi connectivity index (χ1v) is 14.4. The van der Waals surface area contributed by atoms with Gasteiger partial charge in [-0.3, -0.25) is 0 Å². The number of para-hydroxylation sites is 2. The van der Waals surface area contributed by atoms with Crippen LogP contribution in [-0.2, 0) is 65.5 Å². The molecule has 0 bridgehead atoms. The number of rotatable bonds is 6. The van der Waals surface area contributed by atoms with E-state index < -0.39 is 0 Å². The van der Waals surface area contributed by atoms with Crippen LogP contribution in [0.5, 0.6) is 11.5 Å². The molecule has 47 heavy (non-hydrogen) atoms. The molecule has 0 aliphatic rings. The van der Waals surface area contributed by atoms with Gasteiger partial charge in [-0.1, -0.05) is 94.0 Å². The number of phenols is 2. The van der Waals surface area contributed by atoms with Crippen molar-refractivity contribution in [2.45, 2.75) is 68.5 Å². The van der Waals surface area contributed by atoms with Crippen LogP contribution in [-0.4, -0.2) is 31.4 Å². The maximum Gasteiger partial charge on any atom is 4.00 e. The molecule has 0 saturated heterocycles. The summed E-state index contributed by atoms with van der Waals surface area (Å²) in [6, 6.07) is 20.3. The van der Waals surface area contributed by atoms with Crippen LogP contribution in [0.15, 0.2) is 60.7 Å². The Morgan fingerprint density at radius 1 is 0.532 bits per heavy atom. The minimum Gasteiger partial charge on any atom is -0.680 e. The van der Waals surface area contributed by atoms with Crippen LogP contribution in [0.2, 0.25) is 0 Å². The van der Waals surface area contributed by atoms with E-state index in [1.54, 1.807) is 14.1 Å². The van der Waals surface area contributed by atoms with Crippen LogP contribution in [0.4, 0.5) is 11.4 Å². The van der Waals surface area contributed by atoms with E-state index >= 15 is 0 Å². The van der Waals surface area contributed by atoms with Gasteiger partial charge in [0.15, 0.2) is 0 Å². The molecule has 252 valence electrons. The standard InChI is InChI=1S/2C17H20NO.C2H6N.CH4N.2CH3.2Zr/c2*1-11-8-14(4)17(19)15(9-11)10-18-16-12(2)6-5-7-13(16)3;1-3-2;1-2;;;;/h2*5-9,19H,10H2,1-4H3;1-2H3;2H,1H3;2*1H3;;/q6*-1;+2;+4. The number of phenolic OH excluding ortho intramolecular Hbond substituents is 2. The third-order valence-corrected chi connectivity index (χ3v) is 6.74. The van der Waals surface area contributed by atoms with Crippen LogP contribution in [0.25, 0.3) is 21.7 Å². The molecule has 0 unspecified atom stereocenters. The molecule has 4 aromatic rings. The predicted molar refractivity (Wildman–Crippen MR) is 199 cm³/mol. The number of aryl methyl sites for hydroxylation is 8. The quantitative estimate of drug-likeness (QED) is 0.190. The van der Waals surface area contributed by atoms with Crippen molar-refractivity contribution in [3.8, 4) is 11.5 Å². The molecule has 6 nitrogen and oxygen atoms in total. The minimum atomic E-state index is 0. The van der Waals surface area contributed by atoms with Gasteiger partial charge < -0.3 is 46.8 Å². The Balaban J connectivity index is -0.000000322. The van der Waals surface area contributed by atoms with Crippen molar-refractivity contribution < 1.29 is 62.6 Å². The number of nitrogens with zero attached hydrogens (tertiary/aromatic N) is 3. The Kier molecular flexibility index (Phi) is 29.3. The fourth-order valence-electron chi connectivity index (χ4n) is 4.78. The smallest absolute Gasteiger partial charge is 0.680 e. The molecule has 4 aromatic carbocycles. The number of hydrogen-bond acceptors (Lipinski definition) is 2. The maximum atomic E-state index is 10.1. The van der Waals surface area contributed by atoms with Gasteiger partial charge in [0.2, 0.25) is 0 Å². The van der Waals surface area contributed by atoms with Gasteiger partial charge in [-0.25, -0.2) is 0 Å². The normalized spacial score (nSPS) is 9.02. The molecule has 0 amide bonds.